The van der Waals surface area contributed by atoms with Crippen molar-refractivity contribution in [2.75, 3.05) is 0 Å². The minimum atomic E-state index is -0.670. The Hall–Kier alpha value is -3.91. The standard InChI is InChI=1S/C23H16O5/c1-3-20(24)6-4-5-17-7-12-19(13-8-17)23(26)28-21-14-9-18(10-15-21)11-16-22(25)27-2/h2-3,7-16H,1,6H2/b16-11+. The molecular formula is C23H16O5. The van der Waals surface area contributed by atoms with E-state index >= 15 is 0 Å². The molecular weight excluding hydrogens is 356 g/mol. The number of esters is 2. The zero-order valence-electron chi connectivity index (χ0n) is 14.9. The summed E-state index contributed by atoms with van der Waals surface area (Å²) >= 11 is 0. The molecule has 0 spiro atoms. The van der Waals surface area contributed by atoms with E-state index in [-0.39, 0.29) is 12.2 Å². The molecule has 0 fully saturated rings. The van der Waals surface area contributed by atoms with Crippen molar-refractivity contribution >= 4 is 23.8 Å². The third kappa shape index (κ3) is 6.43. The van der Waals surface area contributed by atoms with Gasteiger partial charge in [-0.25, -0.2) is 9.59 Å². The van der Waals surface area contributed by atoms with Gasteiger partial charge < -0.3 is 9.47 Å². The van der Waals surface area contributed by atoms with E-state index in [1.54, 1.807) is 48.5 Å². The summed E-state index contributed by atoms with van der Waals surface area (Å²) in [7, 11) is 4.74. The van der Waals surface area contributed by atoms with Crippen molar-refractivity contribution in [2.45, 2.75) is 6.42 Å². The average molecular weight is 372 g/mol. The Kier molecular flexibility index (Phi) is 7.50. The fourth-order valence-electron chi connectivity index (χ4n) is 2.01. The van der Waals surface area contributed by atoms with Gasteiger partial charge in [-0.15, -0.1) is 0 Å². The normalized spacial score (nSPS) is 9.89. The van der Waals surface area contributed by atoms with Gasteiger partial charge in [0, 0.05) is 11.6 Å². The summed E-state index contributed by atoms with van der Waals surface area (Å²) in [5, 5.41) is 0. The third-order valence-corrected chi connectivity index (χ3v) is 3.46. The predicted molar refractivity (Wildman–Crippen MR) is 104 cm³/mol. The van der Waals surface area contributed by atoms with Crippen LogP contribution in [0.2, 0.25) is 0 Å². The summed E-state index contributed by atoms with van der Waals surface area (Å²) < 4.78 is 9.32. The van der Waals surface area contributed by atoms with E-state index < -0.39 is 11.9 Å². The van der Waals surface area contributed by atoms with Crippen LogP contribution < -0.4 is 4.74 Å². The van der Waals surface area contributed by atoms with E-state index in [9.17, 15) is 14.4 Å². The largest absolute Gasteiger partial charge is 0.451 e. The van der Waals surface area contributed by atoms with E-state index in [2.05, 4.69) is 23.2 Å². The number of carbonyl (C=O) groups excluding carboxylic acids is 3. The van der Waals surface area contributed by atoms with Crippen LogP contribution in [-0.2, 0) is 14.3 Å². The van der Waals surface area contributed by atoms with Crippen LogP contribution in [0, 0.1) is 19.0 Å². The first-order valence-corrected chi connectivity index (χ1v) is 8.17. The molecule has 2 radical (unpaired) electrons. The number of ether oxygens (including phenoxy) is 2. The lowest BCUT2D eigenvalue weighted by atomic mass is 10.1. The first-order valence-electron chi connectivity index (χ1n) is 8.17. The second-order valence-corrected chi connectivity index (χ2v) is 5.46. The Morgan fingerprint density at radius 2 is 1.71 bits per heavy atom. The molecule has 138 valence electrons. The second-order valence-electron chi connectivity index (χ2n) is 5.46. The zero-order valence-corrected chi connectivity index (χ0v) is 14.9. The molecule has 0 saturated heterocycles. The highest BCUT2D eigenvalue weighted by atomic mass is 16.5. The van der Waals surface area contributed by atoms with E-state index in [0.717, 1.165) is 0 Å². The highest BCUT2D eigenvalue weighted by Gasteiger charge is 2.08. The first kappa shape index (κ1) is 20.4. The molecule has 0 bridgehead atoms. The average Bonchev–Trinajstić information content (AvgIpc) is 2.73. The molecule has 2 aromatic carbocycles. The Balaban J connectivity index is 1.97. The summed E-state index contributed by atoms with van der Waals surface area (Å²) in [6.07, 6.45) is 4.03. The van der Waals surface area contributed by atoms with Crippen LogP contribution in [0.5, 0.6) is 5.75 Å². The number of rotatable bonds is 6. The minimum absolute atomic E-state index is 0.103. The van der Waals surface area contributed by atoms with Gasteiger partial charge in [0.1, 0.15) is 5.75 Å². The maximum atomic E-state index is 12.2. The minimum Gasteiger partial charge on any atom is -0.451 e. The Labute approximate surface area is 163 Å². The second kappa shape index (κ2) is 10.3. The summed E-state index contributed by atoms with van der Waals surface area (Å²) in [5.41, 5.74) is 1.76. The molecule has 0 N–H and O–H groups in total. The fraction of sp³-hybridized carbons (Fsp3) is 0.0435. The van der Waals surface area contributed by atoms with Crippen molar-refractivity contribution in [3.8, 4) is 17.6 Å². The van der Waals surface area contributed by atoms with Crippen LogP contribution in [0.1, 0.15) is 27.9 Å². The maximum absolute atomic E-state index is 12.2. The van der Waals surface area contributed by atoms with Gasteiger partial charge in [-0.1, -0.05) is 30.6 Å². The fourth-order valence-corrected chi connectivity index (χ4v) is 2.01. The van der Waals surface area contributed by atoms with Crippen molar-refractivity contribution in [1.29, 1.82) is 0 Å². The molecule has 0 aromatic heterocycles. The smallest absolute Gasteiger partial charge is 0.343 e. The Morgan fingerprint density at radius 1 is 1.04 bits per heavy atom. The van der Waals surface area contributed by atoms with Gasteiger partial charge in [-0.3, -0.25) is 4.79 Å². The molecule has 0 amide bonds. The molecule has 0 atom stereocenters. The predicted octanol–water partition coefficient (Wildman–Crippen LogP) is 3.63. The van der Waals surface area contributed by atoms with Gasteiger partial charge >= 0.3 is 11.9 Å². The molecule has 0 aliphatic carbocycles. The maximum Gasteiger partial charge on any atom is 0.343 e. The van der Waals surface area contributed by atoms with Gasteiger partial charge in [0.25, 0.3) is 0 Å². The lowest BCUT2D eigenvalue weighted by Crippen LogP contribution is -2.08. The van der Waals surface area contributed by atoms with Gasteiger partial charge in [-0.2, -0.15) is 0 Å². The monoisotopic (exact) mass is 372 g/mol. The van der Waals surface area contributed by atoms with Gasteiger partial charge in [0.15, 0.2) is 12.9 Å². The molecule has 5 heteroatoms. The molecule has 5 nitrogen and oxygen atoms in total. The van der Waals surface area contributed by atoms with Crippen molar-refractivity contribution in [2.24, 2.45) is 0 Å². The highest BCUT2D eigenvalue weighted by molar-refractivity contribution is 5.92. The lowest BCUT2D eigenvalue weighted by molar-refractivity contribution is -0.132. The van der Waals surface area contributed by atoms with E-state index in [0.29, 0.717) is 22.4 Å². The van der Waals surface area contributed by atoms with Crippen molar-refractivity contribution < 1.29 is 23.9 Å². The molecule has 0 saturated carbocycles. The number of ketones is 1. The van der Waals surface area contributed by atoms with E-state index in [1.165, 1.54) is 18.2 Å². The van der Waals surface area contributed by atoms with Crippen LogP contribution in [0.3, 0.4) is 0 Å². The topological polar surface area (TPSA) is 69.7 Å². The third-order valence-electron chi connectivity index (χ3n) is 3.46. The number of allylic oxidation sites excluding steroid dienone is 1. The van der Waals surface area contributed by atoms with Crippen LogP contribution in [-0.4, -0.2) is 17.7 Å². The number of carbonyl (C=O) groups is 3. The SMILES string of the molecule is [CH]OC(=O)/C=C/c1ccc(OC(=O)c2ccc(C#CCC(=O)C=C)cc2)cc1. The van der Waals surface area contributed by atoms with Crippen LogP contribution >= 0.6 is 0 Å². The van der Waals surface area contributed by atoms with Gasteiger partial charge in [0.05, 0.1) is 12.0 Å². The molecule has 0 aliphatic heterocycles. The number of hydrogen-bond donors (Lipinski definition) is 0. The summed E-state index contributed by atoms with van der Waals surface area (Å²) in [6, 6.07) is 13.1. The van der Waals surface area contributed by atoms with Crippen molar-refractivity contribution in [3.63, 3.8) is 0 Å². The highest BCUT2D eigenvalue weighted by Crippen LogP contribution is 2.15. The Morgan fingerprint density at radius 3 is 2.32 bits per heavy atom. The van der Waals surface area contributed by atoms with E-state index in [1.807, 2.05) is 0 Å². The summed E-state index contributed by atoms with van der Waals surface area (Å²) in [5.74, 6) is 4.60. The van der Waals surface area contributed by atoms with Crippen molar-refractivity contribution in [3.05, 3.63) is 91.1 Å². The van der Waals surface area contributed by atoms with Crippen LogP contribution in [0.4, 0.5) is 0 Å². The molecule has 2 aromatic rings. The quantitative estimate of drug-likeness (QED) is 0.335. The zero-order chi connectivity index (χ0) is 20.4. The van der Waals surface area contributed by atoms with Crippen LogP contribution in [0.15, 0.2) is 67.3 Å². The molecule has 2 rings (SSSR count). The van der Waals surface area contributed by atoms with Crippen molar-refractivity contribution in [1.82, 2.24) is 0 Å². The molecule has 28 heavy (non-hydrogen) atoms. The molecule has 0 unspecified atom stereocenters. The molecule has 0 aliphatic rings. The van der Waals surface area contributed by atoms with Gasteiger partial charge in [-0.05, 0) is 54.1 Å². The molecule has 0 heterocycles. The number of benzene rings is 2. The van der Waals surface area contributed by atoms with Gasteiger partial charge in [0.2, 0.25) is 0 Å². The lowest BCUT2D eigenvalue weighted by Gasteiger charge is -2.05. The Bertz CT molecular complexity index is 955. The summed E-state index contributed by atoms with van der Waals surface area (Å²) in [4.78, 5) is 34.3. The van der Waals surface area contributed by atoms with E-state index in [4.69, 9.17) is 11.8 Å². The van der Waals surface area contributed by atoms with Crippen LogP contribution in [0.25, 0.3) is 6.08 Å². The summed E-state index contributed by atoms with van der Waals surface area (Å²) in [6.45, 7) is 3.38. The number of hydrogen-bond acceptors (Lipinski definition) is 5. The first-order chi connectivity index (χ1) is 13.5.